The molecule has 19 heavy (non-hydrogen) atoms. The molecule has 1 fully saturated rings. The third kappa shape index (κ3) is 3.15. The molecule has 0 bridgehead atoms. The molecule has 2 rings (SSSR count). The molecule has 1 aromatic rings. The van der Waals surface area contributed by atoms with E-state index >= 15 is 0 Å². The van der Waals surface area contributed by atoms with Gasteiger partial charge in [-0.05, 0) is 44.4 Å². The van der Waals surface area contributed by atoms with Crippen LogP contribution in [0.25, 0.3) is 0 Å². The quantitative estimate of drug-likeness (QED) is 0.834. The molecular weight excluding hydrogens is 262 g/mol. The zero-order valence-electron chi connectivity index (χ0n) is 11.3. The van der Waals surface area contributed by atoms with E-state index in [-0.39, 0.29) is 16.8 Å². The van der Waals surface area contributed by atoms with Crippen molar-refractivity contribution in [3.05, 3.63) is 29.8 Å². The highest BCUT2D eigenvalue weighted by atomic mass is 32.2. The van der Waals surface area contributed by atoms with Gasteiger partial charge in [0.15, 0.2) is 9.84 Å². The van der Waals surface area contributed by atoms with Crippen LogP contribution in [0, 0.1) is 0 Å². The van der Waals surface area contributed by atoms with E-state index < -0.39 is 9.84 Å². The minimum Gasteiger partial charge on any atom is -0.336 e. The molecule has 4 nitrogen and oxygen atoms in total. The molecule has 0 saturated carbocycles. The predicted molar refractivity (Wildman–Crippen MR) is 73.9 cm³/mol. The van der Waals surface area contributed by atoms with Gasteiger partial charge in [0.05, 0.1) is 4.90 Å². The number of nitrogens with zero attached hydrogens (tertiary/aromatic N) is 1. The van der Waals surface area contributed by atoms with Gasteiger partial charge in [-0.25, -0.2) is 8.42 Å². The van der Waals surface area contributed by atoms with Gasteiger partial charge in [-0.1, -0.05) is 6.07 Å². The summed E-state index contributed by atoms with van der Waals surface area (Å²) in [7, 11) is -3.27. The van der Waals surface area contributed by atoms with E-state index in [4.69, 9.17) is 0 Å². The molecule has 1 unspecified atom stereocenters. The molecule has 0 radical (unpaired) electrons. The first-order chi connectivity index (χ1) is 8.89. The summed E-state index contributed by atoms with van der Waals surface area (Å²) in [6.07, 6.45) is 4.33. The van der Waals surface area contributed by atoms with Crippen LogP contribution < -0.4 is 0 Å². The largest absolute Gasteiger partial charge is 0.336 e. The van der Waals surface area contributed by atoms with Crippen LogP contribution >= 0.6 is 0 Å². The first-order valence-electron chi connectivity index (χ1n) is 6.50. The van der Waals surface area contributed by atoms with Gasteiger partial charge in [0.25, 0.3) is 5.91 Å². The lowest BCUT2D eigenvalue weighted by Gasteiger charge is -2.33. The van der Waals surface area contributed by atoms with Crippen LogP contribution in [0.15, 0.2) is 29.2 Å². The fraction of sp³-hybridized carbons (Fsp3) is 0.500. The van der Waals surface area contributed by atoms with Crippen molar-refractivity contribution in [1.82, 2.24) is 4.90 Å². The summed E-state index contributed by atoms with van der Waals surface area (Å²) in [4.78, 5) is 14.5. The first kappa shape index (κ1) is 14.1. The van der Waals surface area contributed by atoms with Crippen LogP contribution in [0.3, 0.4) is 0 Å². The van der Waals surface area contributed by atoms with Crippen molar-refractivity contribution in [2.75, 3.05) is 12.8 Å². The van der Waals surface area contributed by atoms with Crippen molar-refractivity contribution in [1.29, 1.82) is 0 Å². The molecule has 1 aromatic carbocycles. The predicted octanol–water partition coefficient (Wildman–Crippen LogP) is 2.10. The Labute approximate surface area is 114 Å². The lowest BCUT2D eigenvalue weighted by Crippen LogP contribution is -2.42. The summed E-state index contributed by atoms with van der Waals surface area (Å²) in [6.45, 7) is 2.79. The number of carbonyl (C=O) groups excluding carboxylic acids is 1. The van der Waals surface area contributed by atoms with Crippen molar-refractivity contribution in [3.8, 4) is 0 Å². The minimum atomic E-state index is -3.27. The van der Waals surface area contributed by atoms with E-state index in [1.165, 1.54) is 12.1 Å². The van der Waals surface area contributed by atoms with Gasteiger partial charge in [0, 0.05) is 24.4 Å². The molecular formula is C14H19NO3S. The van der Waals surface area contributed by atoms with E-state index in [1.54, 1.807) is 12.1 Å². The summed E-state index contributed by atoms with van der Waals surface area (Å²) in [5.41, 5.74) is 0.455. The SMILES string of the molecule is CC1CCCCN1C(=O)c1cccc(S(C)(=O)=O)c1. The van der Waals surface area contributed by atoms with E-state index in [2.05, 4.69) is 0 Å². The molecule has 0 aromatic heterocycles. The van der Waals surface area contributed by atoms with Crippen molar-refractivity contribution in [2.24, 2.45) is 0 Å². The second kappa shape index (κ2) is 5.33. The number of benzene rings is 1. The fourth-order valence-corrected chi connectivity index (χ4v) is 3.09. The van der Waals surface area contributed by atoms with Crippen molar-refractivity contribution in [3.63, 3.8) is 0 Å². The van der Waals surface area contributed by atoms with Crippen LogP contribution in [-0.2, 0) is 9.84 Å². The smallest absolute Gasteiger partial charge is 0.254 e. The van der Waals surface area contributed by atoms with Crippen molar-refractivity contribution in [2.45, 2.75) is 37.1 Å². The molecule has 1 heterocycles. The molecule has 1 aliphatic heterocycles. The molecule has 1 atom stereocenters. The van der Waals surface area contributed by atoms with Gasteiger partial charge >= 0.3 is 0 Å². The van der Waals surface area contributed by atoms with Crippen molar-refractivity contribution < 1.29 is 13.2 Å². The van der Waals surface area contributed by atoms with Gasteiger partial charge in [0.1, 0.15) is 0 Å². The van der Waals surface area contributed by atoms with E-state index in [0.29, 0.717) is 5.56 Å². The zero-order valence-corrected chi connectivity index (χ0v) is 12.1. The normalized spacial score (nSPS) is 20.3. The van der Waals surface area contributed by atoms with Gasteiger partial charge in [-0.15, -0.1) is 0 Å². The third-order valence-electron chi connectivity index (χ3n) is 3.57. The van der Waals surface area contributed by atoms with Gasteiger partial charge in [0.2, 0.25) is 0 Å². The average molecular weight is 281 g/mol. The maximum absolute atomic E-state index is 12.4. The Morgan fingerprint density at radius 3 is 2.68 bits per heavy atom. The van der Waals surface area contributed by atoms with Crippen LogP contribution in [0.2, 0.25) is 0 Å². The minimum absolute atomic E-state index is 0.0716. The summed E-state index contributed by atoms with van der Waals surface area (Å²) < 4.78 is 23.0. The lowest BCUT2D eigenvalue weighted by atomic mass is 10.0. The summed E-state index contributed by atoms with van der Waals surface area (Å²) >= 11 is 0. The van der Waals surface area contributed by atoms with Crippen LogP contribution in [-0.4, -0.2) is 38.1 Å². The summed E-state index contributed by atoms with van der Waals surface area (Å²) in [5.74, 6) is -0.0716. The molecule has 1 amide bonds. The molecule has 0 spiro atoms. The Morgan fingerprint density at radius 2 is 2.05 bits per heavy atom. The van der Waals surface area contributed by atoms with Crippen LogP contribution in [0.1, 0.15) is 36.5 Å². The second-order valence-corrected chi connectivity index (χ2v) is 7.16. The van der Waals surface area contributed by atoms with E-state index in [9.17, 15) is 13.2 Å². The highest BCUT2D eigenvalue weighted by Gasteiger charge is 2.24. The topological polar surface area (TPSA) is 54.5 Å². The number of rotatable bonds is 2. The standard InChI is InChI=1S/C14H19NO3S/c1-11-6-3-4-9-15(11)14(16)12-7-5-8-13(10-12)19(2,17)18/h5,7-8,10-11H,3-4,6,9H2,1-2H3. The zero-order chi connectivity index (χ0) is 14.0. The van der Waals surface area contributed by atoms with E-state index in [1.807, 2.05) is 11.8 Å². The molecule has 1 saturated heterocycles. The summed E-state index contributed by atoms with van der Waals surface area (Å²) in [5, 5.41) is 0. The van der Waals surface area contributed by atoms with Gasteiger partial charge in [-0.3, -0.25) is 4.79 Å². The Bertz CT molecular complexity index is 580. The number of sulfone groups is 1. The van der Waals surface area contributed by atoms with E-state index in [0.717, 1.165) is 32.1 Å². The summed E-state index contributed by atoms with van der Waals surface area (Å²) in [6, 6.07) is 6.52. The number of hydrogen-bond acceptors (Lipinski definition) is 3. The Kier molecular flexibility index (Phi) is 3.94. The lowest BCUT2D eigenvalue weighted by molar-refractivity contribution is 0.0635. The number of hydrogen-bond donors (Lipinski definition) is 0. The Morgan fingerprint density at radius 1 is 1.32 bits per heavy atom. The van der Waals surface area contributed by atoms with Crippen LogP contribution in [0.4, 0.5) is 0 Å². The first-order valence-corrected chi connectivity index (χ1v) is 8.40. The maximum atomic E-state index is 12.4. The third-order valence-corrected chi connectivity index (χ3v) is 4.68. The van der Waals surface area contributed by atoms with Crippen molar-refractivity contribution >= 4 is 15.7 Å². The van der Waals surface area contributed by atoms with Gasteiger partial charge < -0.3 is 4.90 Å². The number of carbonyl (C=O) groups is 1. The average Bonchev–Trinajstić information content (AvgIpc) is 2.38. The number of amides is 1. The number of piperidine rings is 1. The maximum Gasteiger partial charge on any atom is 0.254 e. The highest BCUT2D eigenvalue weighted by Crippen LogP contribution is 2.20. The molecule has 0 N–H and O–H groups in total. The fourth-order valence-electron chi connectivity index (χ4n) is 2.43. The number of likely N-dealkylation sites (tertiary alicyclic amines) is 1. The second-order valence-electron chi connectivity index (χ2n) is 5.14. The molecule has 1 aliphatic rings. The highest BCUT2D eigenvalue weighted by molar-refractivity contribution is 7.90. The molecule has 104 valence electrons. The van der Waals surface area contributed by atoms with Gasteiger partial charge in [-0.2, -0.15) is 0 Å². The monoisotopic (exact) mass is 281 g/mol. The Hall–Kier alpha value is -1.36. The molecule has 5 heteroatoms. The molecule has 0 aliphatic carbocycles. The van der Waals surface area contributed by atoms with Crippen LogP contribution in [0.5, 0.6) is 0 Å². The Balaban J connectivity index is 2.29.